The fraction of sp³-hybridized carbons (Fsp3) is 0.368. The first-order valence-electron chi connectivity index (χ1n) is 8.05. The van der Waals surface area contributed by atoms with E-state index < -0.39 is 0 Å². The van der Waals surface area contributed by atoms with E-state index in [1.165, 1.54) is 11.1 Å². The van der Waals surface area contributed by atoms with Crippen LogP contribution in [0.3, 0.4) is 0 Å². The summed E-state index contributed by atoms with van der Waals surface area (Å²) in [5, 5.41) is 5.05. The Morgan fingerprint density at radius 1 is 1.08 bits per heavy atom. The Morgan fingerprint density at radius 3 is 2.42 bits per heavy atom. The summed E-state index contributed by atoms with van der Waals surface area (Å²) in [6.07, 6.45) is 2.73. The molecular formula is C19H21Cl2NO2. The van der Waals surface area contributed by atoms with Crippen molar-refractivity contribution in [1.29, 1.82) is 0 Å². The van der Waals surface area contributed by atoms with E-state index in [1.54, 1.807) is 14.2 Å². The van der Waals surface area contributed by atoms with E-state index in [0.29, 0.717) is 0 Å². The average Bonchev–Trinajstić information content (AvgIpc) is 2.60. The molecule has 0 fully saturated rings. The number of halogens is 2. The summed E-state index contributed by atoms with van der Waals surface area (Å²) < 4.78 is 10.9. The highest BCUT2D eigenvalue weighted by molar-refractivity contribution is 6.35. The van der Waals surface area contributed by atoms with Gasteiger partial charge in [0.15, 0.2) is 11.5 Å². The molecule has 3 rings (SSSR count). The predicted octanol–water partition coefficient (Wildman–Crippen LogP) is 4.83. The summed E-state index contributed by atoms with van der Waals surface area (Å²) in [5.41, 5.74) is 3.58. The number of nitrogens with one attached hydrogen (secondary N) is 1. The van der Waals surface area contributed by atoms with Crippen LogP contribution in [0.2, 0.25) is 10.0 Å². The number of methoxy groups -OCH3 is 2. The molecule has 1 N–H and O–H groups in total. The Kier molecular flexibility index (Phi) is 5.54. The second kappa shape index (κ2) is 7.64. The van der Waals surface area contributed by atoms with Crippen LogP contribution in [0.25, 0.3) is 0 Å². The van der Waals surface area contributed by atoms with Crippen LogP contribution < -0.4 is 14.8 Å². The topological polar surface area (TPSA) is 30.5 Å². The van der Waals surface area contributed by atoms with Crippen LogP contribution in [0.1, 0.15) is 29.2 Å². The smallest absolute Gasteiger partial charge is 0.161 e. The summed E-state index contributed by atoms with van der Waals surface area (Å²) in [6.45, 7) is 0.948. The van der Waals surface area contributed by atoms with Gasteiger partial charge >= 0.3 is 0 Å². The van der Waals surface area contributed by atoms with Crippen LogP contribution in [0, 0.1) is 0 Å². The summed E-state index contributed by atoms with van der Waals surface area (Å²) in [4.78, 5) is 0. The van der Waals surface area contributed by atoms with Gasteiger partial charge in [0, 0.05) is 16.1 Å². The van der Waals surface area contributed by atoms with E-state index in [2.05, 4.69) is 17.4 Å². The van der Waals surface area contributed by atoms with Crippen molar-refractivity contribution >= 4 is 23.2 Å². The van der Waals surface area contributed by atoms with Crippen molar-refractivity contribution in [3.05, 3.63) is 57.1 Å². The lowest BCUT2D eigenvalue weighted by molar-refractivity contribution is 0.351. The molecule has 0 bridgehead atoms. The van der Waals surface area contributed by atoms with Gasteiger partial charge in [-0.05, 0) is 66.8 Å². The molecule has 1 atom stereocenters. The number of fused-ring (bicyclic) bond motifs is 1. The number of rotatable bonds is 5. The maximum Gasteiger partial charge on any atom is 0.161 e. The summed E-state index contributed by atoms with van der Waals surface area (Å²) in [6, 6.07) is 10.1. The third-order valence-corrected chi connectivity index (χ3v) is 5.26. The zero-order valence-electron chi connectivity index (χ0n) is 13.9. The van der Waals surface area contributed by atoms with Gasteiger partial charge in [-0.3, -0.25) is 0 Å². The van der Waals surface area contributed by atoms with Crippen LogP contribution >= 0.6 is 23.2 Å². The van der Waals surface area contributed by atoms with Crippen molar-refractivity contribution in [2.24, 2.45) is 0 Å². The molecule has 1 aliphatic rings. The minimum Gasteiger partial charge on any atom is -0.493 e. The minimum absolute atomic E-state index is 0.251. The first kappa shape index (κ1) is 17.4. The highest BCUT2D eigenvalue weighted by Gasteiger charge is 2.23. The lowest BCUT2D eigenvalue weighted by Gasteiger charge is -2.28. The van der Waals surface area contributed by atoms with Gasteiger partial charge in [0.25, 0.3) is 0 Å². The second-order valence-corrected chi connectivity index (χ2v) is 6.72. The molecule has 1 unspecified atom stereocenters. The summed E-state index contributed by atoms with van der Waals surface area (Å²) in [5.74, 6) is 1.55. The van der Waals surface area contributed by atoms with E-state index in [4.69, 9.17) is 32.7 Å². The standard InChI is InChI=1S/C19H21Cl2NO2/c1-23-18-10-12-8-9-22-17(14(12)11-19(18)24-2)7-6-13-15(20)4-3-5-16(13)21/h3-5,10-11,17,22H,6-9H2,1-2H3. The van der Waals surface area contributed by atoms with Crippen molar-refractivity contribution in [2.45, 2.75) is 25.3 Å². The minimum atomic E-state index is 0.251. The molecule has 1 heterocycles. The molecule has 0 spiro atoms. The SMILES string of the molecule is COc1cc2c(cc1OC)C(CCc1c(Cl)cccc1Cl)NCC2. The highest BCUT2D eigenvalue weighted by Crippen LogP contribution is 2.37. The van der Waals surface area contributed by atoms with Crippen LogP contribution in [-0.4, -0.2) is 20.8 Å². The van der Waals surface area contributed by atoms with Gasteiger partial charge in [-0.2, -0.15) is 0 Å². The Hall–Kier alpha value is -1.42. The number of hydrogen-bond donors (Lipinski definition) is 1. The fourth-order valence-electron chi connectivity index (χ4n) is 3.29. The van der Waals surface area contributed by atoms with Gasteiger partial charge in [-0.15, -0.1) is 0 Å². The van der Waals surface area contributed by atoms with Gasteiger partial charge in [-0.1, -0.05) is 29.3 Å². The van der Waals surface area contributed by atoms with Crippen LogP contribution in [0.5, 0.6) is 11.5 Å². The average molecular weight is 366 g/mol. The van der Waals surface area contributed by atoms with Crippen molar-refractivity contribution in [3.63, 3.8) is 0 Å². The van der Waals surface area contributed by atoms with Crippen molar-refractivity contribution < 1.29 is 9.47 Å². The molecule has 24 heavy (non-hydrogen) atoms. The molecular weight excluding hydrogens is 345 g/mol. The van der Waals surface area contributed by atoms with Gasteiger partial charge in [-0.25, -0.2) is 0 Å². The Morgan fingerprint density at radius 2 is 1.75 bits per heavy atom. The van der Waals surface area contributed by atoms with Crippen LogP contribution in [0.15, 0.2) is 30.3 Å². The number of hydrogen-bond acceptors (Lipinski definition) is 3. The molecule has 128 valence electrons. The zero-order chi connectivity index (χ0) is 17.1. The number of benzene rings is 2. The Bertz CT molecular complexity index is 713. The lowest BCUT2D eigenvalue weighted by atomic mass is 9.90. The normalized spacial score (nSPS) is 16.6. The second-order valence-electron chi connectivity index (χ2n) is 5.90. The quantitative estimate of drug-likeness (QED) is 0.822. The lowest BCUT2D eigenvalue weighted by Crippen LogP contribution is -2.30. The Balaban J connectivity index is 1.84. The van der Waals surface area contributed by atoms with E-state index in [1.807, 2.05) is 18.2 Å². The maximum atomic E-state index is 6.29. The fourth-order valence-corrected chi connectivity index (χ4v) is 3.87. The molecule has 0 saturated heterocycles. The van der Waals surface area contributed by atoms with Gasteiger partial charge in [0.05, 0.1) is 14.2 Å². The third kappa shape index (κ3) is 3.49. The molecule has 5 heteroatoms. The molecule has 1 aliphatic heterocycles. The molecule has 0 amide bonds. The van der Waals surface area contributed by atoms with E-state index in [-0.39, 0.29) is 6.04 Å². The number of ether oxygens (including phenoxy) is 2. The zero-order valence-corrected chi connectivity index (χ0v) is 15.4. The van der Waals surface area contributed by atoms with Gasteiger partial charge < -0.3 is 14.8 Å². The third-order valence-electron chi connectivity index (χ3n) is 4.55. The molecule has 0 aliphatic carbocycles. The first-order chi connectivity index (χ1) is 11.6. The van der Waals surface area contributed by atoms with Crippen LogP contribution in [-0.2, 0) is 12.8 Å². The molecule has 3 nitrogen and oxygen atoms in total. The van der Waals surface area contributed by atoms with Gasteiger partial charge in [0.1, 0.15) is 0 Å². The molecule has 0 saturated carbocycles. The monoisotopic (exact) mass is 365 g/mol. The van der Waals surface area contributed by atoms with Crippen molar-refractivity contribution in [2.75, 3.05) is 20.8 Å². The van der Waals surface area contributed by atoms with E-state index >= 15 is 0 Å². The van der Waals surface area contributed by atoms with E-state index in [0.717, 1.165) is 52.9 Å². The molecule has 0 aromatic heterocycles. The highest BCUT2D eigenvalue weighted by atomic mass is 35.5. The molecule has 2 aromatic rings. The van der Waals surface area contributed by atoms with E-state index in [9.17, 15) is 0 Å². The first-order valence-corrected chi connectivity index (χ1v) is 8.80. The Labute approximate surface area is 152 Å². The summed E-state index contributed by atoms with van der Waals surface area (Å²) in [7, 11) is 3.33. The summed E-state index contributed by atoms with van der Waals surface area (Å²) >= 11 is 12.6. The molecule has 0 radical (unpaired) electrons. The van der Waals surface area contributed by atoms with Crippen LogP contribution in [0.4, 0.5) is 0 Å². The van der Waals surface area contributed by atoms with Crippen molar-refractivity contribution in [3.8, 4) is 11.5 Å². The molecule has 2 aromatic carbocycles. The van der Waals surface area contributed by atoms with Crippen molar-refractivity contribution in [1.82, 2.24) is 5.32 Å². The maximum absolute atomic E-state index is 6.29. The van der Waals surface area contributed by atoms with Gasteiger partial charge in [0.2, 0.25) is 0 Å². The predicted molar refractivity (Wildman–Crippen MR) is 98.8 cm³/mol. The largest absolute Gasteiger partial charge is 0.493 e.